The number of halogens is 1. The van der Waals surface area contributed by atoms with Crippen LogP contribution in [-0.4, -0.2) is 49.7 Å². The van der Waals surface area contributed by atoms with Crippen LogP contribution in [-0.2, 0) is 9.84 Å². The Labute approximate surface area is 126 Å². The molecule has 0 aliphatic rings. The normalized spacial score (nSPS) is 11.2. The van der Waals surface area contributed by atoms with Crippen LogP contribution in [0, 0.1) is 10.1 Å². The van der Waals surface area contributed by atoms with Crippen LogP contribution < -0.4 is 5.73 Å². The minimum Gasteiger partial charge on any atom is -0.397 e. The number of nitrogens with two attached hydrogens (primary N) is 1. The van der Waals surface area contributed by atoms with E-state index in [1.165, 1.54) is 7.05 Å². The Morgan fingerprint density at radius 3 is 2.52 bits per heavy atom. The number of hydrogen-bond acceptors (Lipinski definition) is 6. The molecule has 1 aromatic carbocycles. The number of nitro groups is 1. The summed E-state index contributed by atoms with van der Waals surface area (Å²) in [6.07, 6.45) is 1.05. The predicted molar refractivity (Wildman–Crippen MR) is 79.2 cm³/mol. The molecule has 1 rings (SSSR count). The molecule has 0 aliphatic carbocycles. The van der Waals surface area contributed by atoms with E-state index in [-0.39, 0.29) is 34.3 Å². The van der Waals surface area contributed by atoms with Gasteiger partial charge in [0, 0.05) is 32.0 Å². The summed E-state index contributed by atoms with van der Waals surface area (Å²) in [5, 5.41) is 10.7. The molecule has 0 spiro atoms. The van der Waals surface area contributed by atoms with E-state index in [1.54, 1.807) is 0 Å². The Kier molecular flexibility index (Phi) is 5.13. The Balaban J connectivity index is 3.09. The van der Waals surface area contributed by atoms with E-state index in [4.69, 9.17) is 17.3 Å². The van der Waals surface area contributed by atoms with Crippen molar-refractivity contribution in [3.8, 4) is 0 Å². The lowest BCUT2D eigenvalue weighted by molar-refractivity contribution is -0.384. The largest absolute Gasteiger partial charge is 0.397 e. The molecule has 0 unspecified atom stereocenters. The number of anilines is 1. The van der Waals surface area contributed by atoms with Gasteiger partial charge < -0.3 is 10.6 Å². The summed E-state index contributed by atoms with van der Waals surface area (Å²) in [4.78, 5) is 23.4. The van der Waals surface area contributed by atoms with Crippen LogP contribution in [0.5, 0.6) is 0 Å². The summed E-state index contributed by atoms with van der Waals surface area (Å²) in [7, 11) is -1.86. The number of sulfone groups is 1. The molecular formula is C11H14ClN3O5S. The Morgan fingerprint density at radius 1 is 1.48 bits per heavy atom. The lowest BCUT2D eigenvalue weighted by Crippen LogP contribution is -2.32. The zero-order valence-electron chi connectivity index (χ0n) is 11.4. The molecule has 1 amide bonds. The molecule has 0 heterocycles. The van der Waals surface area contributed by atoms with Crippen molar-refractivity contribution in [2.24, 2.45) is 0 Å². The van der Waals surface area contributed by atoms with Gasteiger partial charge in [-0.1, -0.05) is 11.6 Å². The van der Waals surface area contributed by atoms with E-state index in [2.05, 4.69) is 0 Å². The van der Waals surface area contributed by atoms with Gasteiger partial charge in [0.2, 0.25) is 0 Å². The van der Waals surface area contributed by atoms with E-state index in [0.29, 0.717) is 0 Å². The van der Waals surface area contributed by atoms with E-state index in [9.17, 15) is 23.3 Å². The van der Waals surface area contributed by atoms with E-state index in [1.807, 2.05) is 0 Å². The number of rotatable bonds is 5. The third-order valence-corrected chi connectivity index (χ3v) is 3.94. The molecule has 0 bridgehead atoms. The first-order chi connectivity index (χ1) is 9.53. The van der Waals surface area contributed by atoms with Crippen LogP contribution in [0.15, 0.2) is 12.1 Å². The number of nitrogen functional groups attached to an aromatic ring is 1. The molecule has 0 fully saturated rings. The second-order valence-corrected chi connectivity index (χ2v) is 7.17. The highest BCUT2D eigenvalue weighted by Gasteiger charge is 2.21. The number of non-ortho nitro benzene ring substituents is 1. The molecule has 0 aromatic heterocycles. The number of carbonyl (C=O) groups excluding carboxylic acids is 1. The van der Waals surface area contributed by atoms with Crippen LogP contribution >= 0.6 is 11.6 Å². The average molecular weight is 336 g/mol. The number of benzene rings is 1. The molecule has 1 aromatic rings. The van der Waals surface area contributed by atoms with Gasteiger partial charge in [0.05, 0.1) is 26.9 Å². The predicted octanol–water partition coefficient (Wildman–Crippen LogP) is 0.947. The molecule has 0 saturated heterocycles. The van der Waals surface area contributed by atoms with Crippen molar-refractivity contribution in [3.63, 3.8) is 0 Å². The fourth-order valence-corrected chi connectivity index (χ4v) is 2.31. The van der Waals surface area contributed by atoms with Gasteiger partial charge in [-0.05, 0) is 0 Å². The van der Waals surface area contributed by atoms with Gasteiger partial charge in [-0.2, -0.15) is 0 Å². The van der Waals surface area contributed by atoms with Crippen LogP contribution in [0.4, 0.5) is 11.4 Å². The Morgan fingerprint density at radius 2 is 2.05 bits per heavy atom. The molecular weight excluding hydrogens is 322 g/mol. The minimum absolute atomic E-state index is 0.0581. The van der Waals surface area contributed by atoms with E-state index >= 15 is 0 Å². The third-order valence-electron chi connectivity index (χ3n) is 2.70. The van der Waals surface area contributed by atoms with Crippen LogP contribution in [0.1, 0.15) is 10.4 Å². The van der Waals surface area contributed by atoms with Crippen LogP contribution in [0.25, 0.3) is 0 Å². The van der Waals surface area contributed by atoms with Gasteiger partial charge in [-0.15, -0.1) is 0 Å². The Bertz CT molecular complexity index is 689. The van der Waals surface area contributed by atoms with Crippen molar-refractivity contribution < 1.29 is 18.1 Å². The molecule has 0 atom stereocenters. The maximum absolute atomic E-state index is 12.2. The summed E-state index contributed by atoms with van der Waals surface area (Å²) in [5.74, 6) is -0.862. The number of carbonyl (C=O) groups is 1. The molecule has 0 radical (unpaired) electrons. The van der Waals surface area contributed by atoms with E-state index in [0.717, 1.165) is 23.3 Å². The lowest BCUT2D eigenvalue weighted by atomic mass is 10.1. The first kappa shape index (κ1) is 17.2. The molecule has 0 aliphatic heterocycles. The second-order valence-electron chi connectivity index (χ2n) is 4.50. The van der Waals surface area contributed by atoms with Gasteiger partial charge in [0.1, 0.15) is 9.84 Å². The molecule has 8 nitrogen and oxygen atoms in total. The van der Waals surface area contributed by atoms with Gasteiger partial charge in [0.15, 0.2) is 0 Å². The second kappa shape index (κ2) is 6.27. The quantitative estimate of drug-likeness (QED) is 0.485. The zero-order chi connectivity index (χ0) is 16.4. The van der Waals surface area contributed by atoms with Crippen molar-refractivity contribution >= 4 is 38.7 Å². The summed E-state index contributed by atoms with van der Waals surface area (Å²) in [6.45, 7) is -0.0581. The first-order valence-electron chi connectivity index (χ1n) is 5.69. The van der Waals surface area contributed by atoms with Crippen molar-refractivity contribution in [2.45, 2.75) is 0 Å². The van der Waals surface area contributed by atoms with Crippen molar-refractivity contribution in [3.05, 3.63) is 32.8 Å². The number of amides is 1. The molecule has 21 heavy (non-hydrogen) atoms. The highest BCUT2D eigenvalue weighted by atomic mass is 35.5. The number of hydrogen-bond donors (Lipinski definition) is 1. The van der Waals surface area contributed by atoms with Crippen LogP contribution in [0.2, 0.25) is 5.02 Å². The fourth-order valence-electron chi connectivity index (χ4n) is 1.50. The average Bonchev–Trinajstić information content (AvgIpc) is 2.37. The molecule has 10 heteroatoms. The summed E-state index contributed by atoms with van der Waals surface area (Å²) in [6, 6.07) is 2.06. The molecule has 2 N–H and O–H groups in total. The highest BCUT2D eigenvalue weighted by molar-refractivity contribution is 7.90. The van der Waals surface area contributed by atoms with Gasteiger partial charge in [-0.3, -0.25) is 14.9 Å². The zero-order valence-corrected chi connectivity index (χ0v) is 12.9. The summed E-state index contributed by atoms with van der Waals surface area (Å²) < 4.78 is 22.2. The third kappa shape index (κ3) is 4.57. The maximum atomic E-state index is 12.2. The summed E-state index contributed by atoms with van der Waals surface area (Å²) >= 11 is 5.77. The fraction of sp³-hybridized carbons (Fsp3) is 0.364. The monoisotopic (exact) mass is 335 g/mol. The van der Waals surface area contributed by atoms with Crippen molar-refractivity contribution in [1.29, 1.82) is 0 Å². The standard InChI is InChI=1S/C11H14ClN3O5S/c1-14(3-4-21(2,19)20)11(16)8-5-7(15(17)18)6-9(12)10(8)13/h5-6H,3-4,13H2,1-2H3. The minimum atomic E-state index is -3.23. The van der Waals surface area contributed by atoms with Crippen molar-refractivity contribution in [2.75, 3.05) is 31.3 Å². The smallest absolute Gasteiger partial charge is 0.271 e. The van der Waals surface area contributed by atoms with Crippen LogP contribution in [0.3, 0.4) is 0 Å². The maximum Gasteiger partial charge on any atom is 0.271 e. The summed E-state index contributed by atoms with van der Waals surface area (Å²) in [5.41, 5.74) is 5.07. The van der Waals surface area contributed by atoms with Gasteiger partial charge in [-0.25, -0.2) is 8.42 Å². The SMILES string of the molecule is CN(CCS(C)(=O)=O)C(=O)c1cc([N+](=O)[O-])cc(Cl)c1N. The number of nitro benzene ring substituents is 1. The topological polar surface area (TPSA) is 124 Å². The van der Waals surface area contributed by atoms with E-state index < -0.39 is 20.7 Å². The number of nitrogens with zero attached hydrogens (tertiary/aromatic N) is 2. The molecule has 116 valence electrons. The van der Waals surface area contributed by atoms with Gasteiger partial charge in [0.25, 0.3) is 11.6 Å². The Hall–Kier alpha value is -1.87. The lowest BCUT2D eigenvalue weighted by Gasteiger charge is -2.18. The first-order valence-corrected chi connectivity index (χ1v) is 8.13. The van der Waals surface area contributed by atoms with Crippen molar-refractivity contribution in [1.82, 2.24) is 4.90 Å². The highest BCUT2D eigenvalue weighted by Crippen LogP contribution is 2.29. The molecule has 0 saturated carbocycles. The van der Waals surface area contributed by atoms with Gasteiger partial charge >= 0.3 is 0 Å².